The van der Waals surface area contributed by atoms with Crippen LogP contribution in [0.4, 0.5) is 11.4 Å². The van der Waals surface area contributed by atoms with Crippen LogP contribution in [0.5, 0.6) is 5.75 Å². The highest BCUT2D eigenvalue weighted by atomic mass is 16.6. The fourth-order valence-electron chi connectivity index (χ4n) is 3.91. The van der Waals surface area contributed by atoms with Gasteiger partial charge in [-0.15, -0.1) is 0 Å². The van der Waals surface area contributed by atoms with Gasteiger partial charge in [-0.25, -0.2) is 0 Å². The Hall–Kier alpha value is -2.82. The minimum atomic E-state index is -0.361. The van der Waals surface area contributed by atoms with Gasteiger partial charge in [-0.3, -0.25) is 10.1 Å². The van der Waals surface area contributed by atoms with Crippen LogP contribution in [0.15, 0.2) is 54.6 Å². The number of allylic oxidation sites excluding steroid dienone is 2. The highest BCUT2D eigenvalue weighted by molar-refractivity contribution is 5.71. The summed E-state index contributed by atoms with van der Waals surface area (Å²) in [4.78, 5) is 10.9. The average Bonchev–Trinajstić information content (AvgIpc) is 3.10. The summed E-state index contributed by atoms with van der Waals surface area (Å²) < 4.78 is 5.45. The minimum absolute atomic E-state index is 0.0737. The number of fused-ring (bicyclic) bond motifs is 3. The van der Waals surface area contributed by atoms with E-state index >= 15 is 0 Å². The Bertz CT molecular complexity index is 817. The number of hydrogen-bond acceptors (Lipinski definition) is 4. The molecule has 24 heavy (non-hydrogen) atoms. The number of nitro groups is 1. The summed E-state index contributed by atoms with van der Waals surface area (Å²) in [6.45, 7) is 0. The fraction of sp³-hybridized carbons (Fsp3) is 0.263. The summed E-state index contributed by atoms with van der Waals surface area (Å²) >= 11 is 0. The Morgan fingerprint density at radius 3 is 2.75 bits per heavy atom. The van der Waals surface area contributed by atoms with Crippen molar-refractivity contribution in [3.63, 3.8) is 0 Å². The fourth-order valence-corrected chi connectivity index (χ4v) is 3.91. The number of nitrogens with zero attached hydrogens (tertiary/aromatic N) is 1. The van der Waals surface area contributed by atoms with Crippen molar-refractivity contribution < 1.29 is 9.66 Å². The molecule has 0 bridgehead atoms. The number of benzene rings is 2. The van der Waals surface area contributed by atoms with Crippen LogP contribution in [0.3, 0.4) is 0 Å². The topological polar surface area (TPSA) is 64.4 Å². The molecule has 1 heterocycles. The van der Waals surface area contributed by atoms with Crippen molar-refractivity contribution in [3.8, 4) is 5.75 Å². The predicted octanol–water partition coefficient (Wildman–Crippen LogP) is 4.43. The van der Waals surface area contributed by atoms with E-state index in [1.54, 1.807) is 13.2 Å². The smallest absolute Gasteiger partial charge is 0.273 e. The maximum absolute atomic E-state index is 11.2. The number of nitro benzene ring substituents is 1. The lowest BCUT2D eigenvalue weighted by molar-refractivity contribution is -0.385. The summed E-state index contributed by atoms with van der Waals surface area (Å²) in [6, 6.07) is 13.7. The average molecular weight is 322 g/mol. The lowest BCUT2D eigenvalue weighted by atomic mass is 9.76. The predicted molar refractivity (Wildman–Crippen MR) is 92.4 cm³/mol. The second-order valence-corrected chi connectivity index (χ2v) is 6.26. The molecule has 1 aliphatic heterocycles. The van der Waals surface area contributed by atoms with Gasteiger partial charge in [0.05, 0.1) is 29.8 Å². The monoisotopic (exact) mass is 322 g/mol. The minimum Gasteiger partial charge on any atom is -0.494 e. The van der Waals surface area contributed by atoms with E-state index in [2.05, 4.69) is 29.6 Å². The van der Waals surface area contributed by atoms with E-state index in [0.717, 1.165) is 17.7 Å². The number of nitrogens with one attached hydrogen (secondary N) is 1. The van der Waals surface area contributed by atoms with Crippen molar-refractivity contribution in [1.29, 1.82) is 0 Å². The van der Waals surface area contributed by atoms with Gasteiger partial charge in [0, 0.05) is 12.0 Å². The van der Waals surface area contributed by atoms with Gasteiger partial charge in [0.15, 0.2) is 0 Å². The van der Waals surface area contributed by atoms with Crippen molar-refractivity contribution in [3.05, 3.63) is 75.9 Å². The van der Waals surface area contributed by atoms with Crippen LogP contribution in [0.25, 0.3) is 0 Å². The Kier molecular flexibility index (Phi) is 3.49. The summed E-state index contributed by atoms with van der Waals surface area (Å²) in [5, 5.41) is 14.8. The van der Waals surface area contributed by atoms with Crippen LogP contribution in [0.2, 0.25) is 0 Å². The molecule has 0 unspecified atom stereocenters. The van der Waals surface area contributed by atoms with Gasteiger partial charge in [0.2, 0.25) is 0 Å². The normalized spacial score (nSPS) is 24.0. The van der Waals surface area contributed by atoms with E-state index in [9.17, 15) is 10.1 Å². The molecule has 5 nitrogen and oxygen atoms in total. The number of ether oxygens (including phenoxy) is 1. The van der Waals surface area contributed by atoms with E-state index in [0.29, 0.717) is 11.7 Å². The maximum atomic E-state index is 11.2. The van der Waals surface area contributed by atoms with Crippen LogP contribution < -0.4 is 10.1 Å². The van der Waals surface area contributed by atoms with Crippen molar-refractivity contribution in [1.82, 2.24) is 0 Å². The molecule has 1 aliphatic carbocycles. The summed E-state index contributed by atoms with van der Waals surface area (Å²) in [6.07, 6.45) is 5.30. The van der Waals surface area contributed by atoms with E-state index in [1.165, 1.54) is 11.6 Å². The molecule has 0 amide bonds. The van der Waals surface area contributed by atoms with Crippen LogP contribution in [0.1, 0.15) is 29.5 Å². The lowest BCUT2D eigenvalue weighted by Gasteiger charge is -2.38. The third-order valence-corrected chi connectivity index (χ3v) is 5.01. The third kappa shape index (κ3) is 2.24. The molecule has 2 aromatic rings. The molecule has 4 rings (SSSR count). The van der Waals surface area contributed by atoms with E-state index < -0.39 is 0 Å². The van der Waals surface area contributed by atoms with E-state index in [4.69, 9.17) is 4.74 Å². The quantitative estimate of drug-likeness (QED) is 0.516. The first-order chi connectivity index (χ1) is 11.7. The SMILES string of the molecule is COc1cc([N+](=O)[O-])cc2c1N[C@H](c1ccccc1)[C@H]1CC=C[C@H]21. The molecule has 0 aromatic heterocycles. The number of hydrogen-bond donors (Lipinski definition) is 1. The second-order valence-electron chi connectivity index (χ2n) is 6.26. The Labute approximate surface area is 140 Å². The molecule has 2 aliphatic rings. The van der Waals surface area contributed by atoms with E-state index in [1.807, 2.05) is 18.2 Å². The standard InChI is InChI=1S/C19H18N2O3/c1-24-17-11-13(21(22)23)10-16-14-8-5-9-15(14)18(20-19(16)17)12-6-3-2-4-7-12/h2-8,10-11,14-15,18,20H,9H2,1H3/t14-,15-,18+/m0/s1. The highest BCUT2D eigenvalue weighted by Crippen LogP contribution is 2.53. The Morgan fingerprint density at radius 1 is 1.25 bits per heavy atom. The van der Waals surface area contributed by atoms with Crippen molar-refractivity contribution in [2.24, 2.45) is 5.92 Å². The Morgan fingerprint density at radius 2 is 2.04 bits per heavy atom. The lowest BCUT2D eigenvalue weighted by Crippen LogP contribution is -2.29. The van der Waals surface area contributed by atoms with Crippen molar-refractivity contribution in [2.45, 2.75) is 18.4 Å². The highest BCUT2D eigenvalue weighted by Gasteiger charge is 2.40. The summed E-state index contributed by atoms with van der Waals surface area (Å²) in [5.74, 6) is 1.05. The summed E-state index contributed by atoms with van der Waals surface area (Å²) in [5.41, 5.74) is 3.11. The molecule has 0 saturated heterocycles. The maximum Gasteiger partial charge on any atom is 0.273 e. The van der Waals surface area contributed by atoms with Gasteiger partial charge in [0.1, 0.15) is 5.75 Å². The second kappa shape index (κ2) is 5.67. The number of anilines is 1. The number of rotatable bonds is 3. The number of non-ortho nitro benzene ring substituents is 1. The molecule has 3 atom stereocenters. The van der Waals surface area contributed by atoms with Crippen LogP contribution in [-0.2, 0) is 0 Å². The molecular formula is C19H18N2O3. The van der Waals surface area contributed by atoms with Gasteiger partial charge >= 0.3 is 0 Å². The van der Waals surface area contributed by atoms with Crippen molar-refractivity contribution in [2.75, 3.05) is 12.4 Å². The van der Waals surface area contributed by atoms with Crippen LogP contribution >= 0.6 is 0 Å². The van der Waals surface area contributed by atoms with E-state index in [-0.39, 0.29) is 22.6 Å². The molecule has 1 N–H and O–H groups in total. The molecule has 0 fully saturated rings. The zero-order valence-corrected chi connectivity index (χ0v) is 13.3. The molecular weight excluding hydrogens is 304 g/mol. The zero-order valence-electron chi connectivity index (χ0n) is 13.3. The van der Waals surface area contributed by atoms with Crippen LogP contribution in [0, 0.1) is 16.0 Å². The van der Waals surface area contributed by atoms with Gasteiger partial charge in [-0.1, -0.05) is 42.5 Å². The van der Waals surface area contributed by atoms with Gasteiger partial charge in [0.25, 0.3) is 5.69 Å². The molecule has 122 valence electrons. The van der Waals surface area contributed by atoms with Crippen LogP contribution in [-0.4, -0.2) is 12.0 Å². The molecule has 0 spiro atoms. The molecule has 0 radical (unpaired) electrons. The zero-order chi connectivity index (χ0) is 16.7. The first kappa shape index (κ1) is 14.8. The number of methoxy groups -OCH3 is 1. The molecule has 2 aromatic carbocycles. The Balaban J connectivity index is 1.86. The largest absolute Gasteiger partial charge is 0.494 e. The van der Waals surface area contributed by atoms with Crippen molar-refractivity contribution >= 4 is 11.4 Å². The summed E-state index contributed by atoms with van der Waals surface area (Å²) in [7, 11) is 1.55. The first-order valence-corrected chi connectivity index (χ1v) is 8.03. The van der Waals surface area contributed by atoms with Gasteiger partial charge in [-0.2, -0.15) is 0 Å². The molecule has 5 heteroatoms. The first-order valence-electron chi connectivity index (χ1n) is 8.03. The van der Waals surface area contributed by atoms with Gasteiger partial charge in [-0.05, 0) is 23.5 Å². The van der Waals surface area contributed by atoms with Gasteiger partial charge < -0.3 is 10.1 Å². The third-order valence-electron chi connectivity index (χ3n) is 5.01. The molecule has 0 saturated carbocycles.